The molecule has 0 saturated heterocycles. The molecule has 0 fully saturated rings. The van der Waals surface area contributed by atoms with Gasteiger partial charge in [0.05, 0.1) is 0 Å². The zero-order chi connectivity index (χ0) is 19.1. The van der Waals surface area contributed by atoms with Gasteiger partial charge in [-0.1, -0.05) is 91.9 Å². The SMILES string of the molecule is CC1(Cc2ccc(-c3ccccc3)cc2)c2ccccc2-c2ccc(N)cc21. The third kappa shape index (κ3) is 2.63. The van der Waals surface area contributed by atoms with E-state index >= 15 is 0 Å². The quantitative estimate of drug-likeness (QED) is 0.416. The number of rotatable bonds is 3. The smallest absolute Gasteiger partial charge is 0.0317 e. The number of fused-ring (bicyclic) bond motifs is 3. The van der Waals surface area contributed by atoms with E-state index in [9.17, 15) is 0 Å². The second kappa shape index (κ2) is 6.38. The number of anilines is 1. The molecule has 0 aromatic heterocycles. The summed E-state index contributed by atoms with van der Waals surface area (Å²) >= 11 is 0. The number of nitrogen functional groups attached to an aromatic ring is 1. The van der Waals surface area contributed by atoms with E-state index < -0.39 is 0 Å². The van der Waals surface area contributed by atoms with Gasteiger partial charge < -0.3 is 5.73 Å². The van der Waals surface area contributed by atoms with Crippen LogP contribution in [0.4, 0.5) is 5.69 Å². The van der Waals surface area contributed by atoms with Crippen LogP contribution in [-0.4, -0.2) is 0 Å². The molecule has 0 bridgehead atoms. The molecular weight excluding hydrogens is 338 g/mol. The zero-order valence-corrected chi connectivity index (χ0v) is 16.0. The Morgan fingerprint density at radius 2 is 1.29 bits per heavy atom. The molecule has 4 aromatic rings. The van der Waals surface area contributed by atoms with E-state index in [-0.39, 0.29) is 5.41 Å². The highest BCUT2D eigenvalue weighted by atomic mass is 14.6. The third-order valence-electron chi connectivity index (χ3n) is 6.07. The number of benzene rings is 4. The highest BCUT2D eigenvalue weighted by Gasteiger charge is 2.39. The van der Waals surface area contributed by atoms with Crippen molar-refractivity contribution in [3.8, 4) is 22.3 Å². The Kier molecular flexibility index (Phi) is 3.84. The van der Waals surface area contributed by atoms with Crippen molar-refractivity contribution in [3.63, 3.8) is 0 Å². The Hall–Kier alpha value is -3.32. The molecule has 4 aromatic carbocycles. The monoisotopic (exact) mass is 361 g/mol. The molecule has 0 saturated carbocycles. The van der Waals surface area contributed by atoms with Crippen molar-refractivity contribution in [2.75, 3.05) is 5.73 Å². The molecule has 136 valence electrons. The van der Waals surface area contributed by atoms with Gasteiger partial charge in [-0.25, -0.2) is 0 Å². The molecule has 1 atom stereocenters. The number of hydrogen-bond acceptors (Lipinski definition) is 1. The summed E-state index contributed by atoms with van der Waals surface area (Å²) in [5.74, 6) is 0. The minimum Gasteiger partial charge on any atom is -0.399 e. The first-order valence-corrected chi connectivity index (χ1v) is 9.79. The van der Waals surface area contributed by atoms with Crippen molar-refractivity contribution in [1.29, 1.82) is 0 Å². The van der Waals surface area contributed by atoms with Gasteiger partial charge in [-0.15, -0.1) is 0 Å². The van der Waals surface area contributed by atoms with E-state index in [2.05, 4.69) is 97.9 Å². The summed E-state index contributed by atoms with van der Waals surface area (Å²) in [5.41, 5.74) is 16.1. The molecule has 2 N–H and O–H groups in total. The van der Waals surface area contributed by atoms with Crippen LogP contribution < -0.4 is 5.73 Å². The molecule has 0 amide bonds. The maximum Gasteiger partial charge on any atom is 0.0317 e. The Balaban J connectivity index is 1.55. The second-order valence-corrected chi connectivity index (χ2v) is 7.92. The summed E-state index contributed by atoms with van der Waals surface area (Å²) in [6.07, 6.45) is 0.954. The second-order valence-electron chi connectivity index (χ2n) is 7.92. The normalized spacial score (nSPS) is 17.2. The van der Waals surface area contributed by atoms with E-state index in [1.807, 2.05) is 6.07 Å². The van der Waals surface area contributed by atoms with Crippen molar-refractivity contribution < 1.29 is 0 Å². The number of nitrogens with two attached hydrogens (primary N) is 1. The number of hydrogen-bond donors (Lipinski definition) is 1. The van der Waals surface area contributed by atoms with Crippen molar-refractivity contribution in [2.45, 2.75) is 18.8 Å². The average Bonchev–Trinajstić information content (AvgIpc) is 2.98. The lowest BCUT2D eigenvalue weighted by atomic mass is 9.75. The first kappa shape index (κ1) is 16.8. The van der Waals surface area contributed by atoms with Crippen LogP contribution in [0.25, 0.3) is 22.3 Å². The fourth-order valence-corrected chi connectivity index (χ4v) is 4.64. The molecule has 1 unspecified atom stereocenters. The maximum atomic E-state index is 6.16. The lowest BCUT2D eigenvalue weighted by molar-refractivity contribution is 0.583. The largest absolute Gasteiger partial charge is 0.399 e. The van der Waals surface area contributed by atoms with Gasteiger partial charge in [0, 0.05) is 11.1 Å². The van der Waals surface area contributed by atoms with Crippen molar-refractivity contribution in [3.05, 3.63) is 114 Å². The van der Waals surface area contributed by atoms with Crippen molar-refractivity contribution >= 4 is 5.69 Å². The lowest BCUT2D eigenvalue weighted by Gasteiger charge is -2.28. The third-order valence-corrected chi connectivity index (χ3v) is 6.07. The van der Waals surface area contributed by atoms with Gasteiger partial charge in [-0.3, -0.25) is 0 Å². The van der Waals surface area contributed by atoms with Gasteiger partial charge in [-0.05, 0) is 57.5 Å². The van der Waals surface area contributed by atoms with Crippen LogP contribution in [0.3, 0.4) is 0 Å². The standard InChI is InChI=1S/C27H23N/c1-27(18-19-11-13-21(14-12-19)20-7-3-2-4-8-20)25-10-6-5-9-23(25)24-16-15-22(28)17-26(24)27/h2-17H,18,28H2,1H3. The fraction of sp³-hybridized carbons (Fsp3) is 0.111. The van der Waals surface area contributed by atoms with Gasteiger partial charge in [0.15, 0.2) is 0 Å². The molecule has 1 aliphatic carbocycles. The van der Waals surface area contributed by atoms with Crippen LogP contribution in [-0.2, 0) is 11.8 Å². The van der Waals surface area contributed by atoms with Gasteiger partial charge in [0.1, 0.15) is 0 Å². The molecule has 0 aliphatic heterocycles. The molecule has 0 radical (unpaired) electrons. The molecule has 28 heavy (non-hydrogen) atoms. The van der Waals surface area contributed by atoms with Gasteiger partial charge >= 0.3 is 0 Å². The summed E-state index contributed by atoms with van der Waals surface area (Å²) < 4.78 is 0. The van der Waals surface area contributed by atoms with Crippen molar-refractivity contribution in [2.24, 2.45) is 0 Å². The van der Waals surface area contributed by atoms with E-state index in [1.165, 1.54) is 38.9 Å². The van der Waals surface area contributed by atoms with Crippen LogP contribution in [0, 0.1) is 0 Å². The maximum absolute atomic E-state index is 6.16. The lowest BCUT2D eigenvalue weighted by Crippen LogP contribution is -2.24. The predicted molar refractivity (Wildman–Crippen MR) is 118 cm³/mol. The molecule has 0 spiro atoms. The Morgan fingerprint density at radius 1 is 0.643 bits per heavy atom. The zero-order valence-electron chi connectivity index (χ0n) is 16.0. The van der Waals surface area contributed by atoms with Crippen LogP contribution in [0.1, 0.15) is 23.6 Å². The van der Waals surface area contributed by atoms with Gasteiger partial charge in [-0.2, -0.15) is 0 Å². The van der Waals surface area contributed by atoms with Crippen LogP contribution in [0.2, 0.25) is 0 Å². The summed E-state index contributed by atoms with van der Waals surface area (Å²) in [4.78, 5) is 0. The van der Waals surface area contributed by atoms with Crippen LogP contribution in [0.5, 0.6) is 0 Å². The minimum absolute atomic E-state index is 0.0738. The summed E-state index contributed by atoms with van der Waals surface area (Å²) in [5, 5.41) is 0. The van der Waals surface area contributed by atoms with Crippen LogP contribution >= 0.6 is 0 Å². The first-order valence-electron chi connectivity index (χ1n) is 9.79. The van der Waals surface area contributed by atoms with E-state index in [1.54, 1.807) is 0 Å². The molecule has 5 rings (SSSR count). The molecule has 1 nitrogen and oxygen atoms in total. The van der Waals surface area contributed by atoms with Crippen LogP contribution in [0.15, 0.2) is 97.1 Å². The van der Waals surface area contributed by atoms with E-state index in [0.29, 0.717) is 0 Å². The van der Waals surface area contributed by atoms with Gasteiger partial charge in [0.25, 0.3) is 0 Å². The molecule has 1 aliphatic rings. The molecular formula is C27H23N. The van der Waals surface area contributed by atoms with E-state index in [0.717, 1.165) is 12.1 Å². The highest BCUT2D eigenvalue weighted by Crippen LogP contribution is 2.50. The first-order chi connectivity index (χ1) is 13.6. The molecule has 1 heteroatoms. The average molecular weight is 361 g/mol. The Morgan fingerprint density at radius 3 is 2.07 bits per heavy atom. The highest BCUT2D eigenvalue weighted by molar-refractivity contribution is 5.82. The van der Waals surface area contributed by atoms with Gasteiger partial charge in [0.2, 0.25) is 0 Å². The minimum atomic E-state index is -0.0738. The van der Waals surface area contributed by atoms with Crippen molar-refractivity contribution in [1.82, 2.24) is 0 Å². The predicted octanol–water partition coefficient (Wildman–Crippen LogP) is 6.46. The fourth-order valence-electron chi connectivity index (χ4n) is 4.64. The summed E-state index contributed by atoms with van der Waals surface area (Å²) in [6, 6.07) is 34.6. The topological polar surface area (TPSA) is 26.0 Å². The Labute approximate surface area is 166 Å². The summed E-state index contributed by atoms with van der Waals surface area (Å²) in [7, 11) is 0. The Bertz CT molecular complexity index is 1140. The van der Waals surface area contributed by atoms with E-state index in [4.69, 9.17) is 5.73 Å². The molecule has 0 heterocycles. The summed E-state index contributed by atoms with van der Waals surface area (Å²) in [6.45, 7) is 2.35.